The summed E-state index contributed by atoms with van der Waals surface area (Å²) < 4.78 is 17.7. The number of hydrogen-bond donors (Lipinski definition) is 1. The predicted molar refractivity (Wildman–Crippen MR) is 162 cm³/mol. The molecule has 1 aliphatic carbocycles. The molecule has 1 saturated carbocycles. The van der Waals surface area contributed by atoms with Gasteiger partial charge in [-0.2, -0.15) is 0 Å². The second kappa shape index (κ2) is 11.4. The van der Waals surface area contributed by atoms with Gasteiger partial charge in [0.2, 0.25) is 5.89 Å². The lowest BCUT2D eigenvalue weighted by atomic mass is 9.62. The average Bonchev–Trinajstić information content (AvgIpc) is 3.43. The molecule has 7 rings (SSSR count). The molecule has 0 amide bonds. The molecule has 42 heavy (non-hydrogen) atoms. The van der Waals surface area contributed by atoms with E-state index in [9.17, 15) is 4.79 Å². The molecular weight excluding hydrogens is 526 g/mol. The van der Waals surface area contributed by atoms with E-state index in [0.717, 1.165) is 54.5 Å². The van der Waals surface area contributed by atoms with Crippen LogP contribution in [-0.4, -0.2) is 28.4 Å². The van der Waals surface area contributed by atoms with E-state index in [1.165, 1.54) is 5.56 Å². The largest absolute Gasteiger partial charge is 0.461 e. The molecule has 0 atom stereocenters. The fourth-order valence-electron chi connectivity index (χ4n) is 6.13. The van der Waals surface area contributed by atoms with Crippen LogP contribution in [0.5, 0.6) is 0 Å². The zero-order valence-electron chi connectivity index (χ0n) is 24.7. The van der Waals surface area contributed by atoms with Crippen molar-refractivity contribution in [1.82, 2.24) is 10.2 Å². The van der Waals surface area contributed by atoms with Gasteiger partial charge in [0.05, 0.1) is 18.6 Å². The van der Waals surface area contributed by atoms with Gasteiger partial charge in [0, 0.05) is 17.5 Å². The zero-order valence-corrected chi connectivity index (χ0v) is 24.7. The van der Waals surface area contributed by atoms with Gasteiger partial charge in [0.25, 0.3) is 0 Å². The Balaban J connectivity index is 1.03. The molecule has 4 aromatic rings. The predicted octanol–water partition coefficient (Wildman–Crippen LogP) is 7.78. The number of hydrogen-bond acceptors (Lipinski definition) is 7. The molecule has 1 aromatic heterocycles. The first-order valence-electron chi connectivity index (χ1n) is 14.8. The standard InChI is InChI=1S/C35H39N3O4/c1-33(2,3)21-30-37-38-32(42-30)36-29-15-11-27(12-16-29)26-9-13-28(14-10-26)34-17-19-35(20-18-34,41-24-34)22-31(39)40-23-25-7-5-4-6-8-25/h4-16H,17-24H2,1-3H3,(H,36,38). The minimum Gasteiger partial charge on any atom is -0.461 e. The van der Waals surface area contributed by atoms with Gasteiger partial charge >= 0.3 is 12.0 Å². The normalized spacial score (nSPS) is 21.7. The van der Waals surface area contributed by atoms with E-state index in [1.807, 2.05) is 42.5 Å². The minimum atomic E-state index is -0.388. The van der Waals surface area contributed by atoms with E-state index >= 15 is 0 Å². The monoisotopic (exact) mass is 565 g/mol. The molecule has 3 aliphatic rings. The summed E-state index contributed by atoms with van der Waals surface area (Å²) in [6.07, 6.45) is 4.85. The molecule has 7 heteroatoms. The lowest BCUT2D eigenvalue weighted by molar-refractivity contribution is -0.179. The molecule has 3 fully saturated rings. The maximum atomic E-state index is 12.6. The van der Waals surface area contributed by atoms with Crippen LogP contribution < -0.4 is 5.32 Å². The smallest absolute Gasteiger partial charge is 0.320 e. The number of ether oxygens (including phenoxy) is 2. The molecule has 0 radical (unpaired) electrons. The number of benzene rings is 3. The Bertz CT molecular complexity index is 1480. The molecule has 0 spiro atoms. The Kier molecular flexibility index (Phi) is 7.62. The number of carbonyl (C=O) groups excluding carboxylic acids is 1. The van der Waals surface area contributed by atoms with Crippen LogP contribution in [0, 0.1) is 5.41 Å². The quantitative estimate of drug-likeness (QED) is 0.207. The molecular formula is C35H39N3O4. The van der Waals surface area contributed by atoms with Gasteiger partial charge in [-0.3, -0.25) is 4.79 Å². The summed E-state index contributed by atoms with van der Waals surface area (Å²) in [6, 6.07) is 27.3. The molecule has 218 valence electrons. The van der Waals surface area contributed by atoms with Crippen molar-refractivity contribution in [3.63, 3.8) is 0 Å². The lowest BCUT2D eigenvalue weighted by Crippen LogP contribution is -2.54. The topological polar surface area (TPSA) is 86.5 Å². The third kappa shape index (κ3) is 6.41. The summed E-state index contributed by atoms with van der Waals surface area (Å²) in [4.78, 5) is 12.6. The number of nitrogens with zero attached hydrogens (tertiary/aromatic N) is 2. The maximum absolute atomic E-state index is 12.6. The van der Waals surface area contributed by atoms with Crippen LogP contribution in [-0.2, 0) is 32.7 Å². The van der Waals surface area contributed by atoms with Crippen molar-refractivity contribution in [1.29, 1.82) is 0 Å². The number of esters is 1. The van der Waals surface area contributed by atoms with Crippen molar-refractivity contribution in [2.24, 2.45) is 5.41 Å². The van der Waals surface area contributed by atoms with E-state index in [0.29, 0.717) is 31.5 Å². The van der Waals surface area contributed by atoms with Crippen molar-refractivity contribution in [2.45, 2.75) is 76.9 Å². The summed E-state index contributed by atoms with van der Waals surface area (Å²) >= 11 is 0. The third-order valence-corrected chi connectivity index (χ3v) is 8.60. The molecule has 2 bridgehead atoms. The summed E-state index contributed by atoms with van der Waals surface area (Å²) in [5.41, 5.74) is 5.22. The number of carbonyl (C=O) groups is 1. The van der Waals surface area contributed by atoms with Gasteiger partial charge in [-0.05, 0) is 65.5 Å². The van der Waals surface area contributed by atoms with Crippen molar-refractivity contribution in [3.8, 4) is 11.1 Å². The average molecular weight is 566 g/mol. The SMILES string of the molecule is CC(C)(C)Cc1nnc(Nc2ccc(-c3ccc(C45CCC(CC(=O)OCc6ccccc6)(CC4)OC5)cc3)cc2)o1. The number of fused-ring (bicyclic) bond motifs is 3. The molecule has 3 aromatic carbocycles. The van der Waals surface area contributed by atoms with Gasteiger partial charge in [-0.1, -0.05) is 92.6 Å². The highest BCUT2D eigenvalue weighted by Gasteiger charge is 2.51. The zero-order chi connectivity index (χ0) is 29.2. The van der Waals surface area contributed by atoms with Gasteiger partial charge < -0.3 is 19.2 Å². The number of anilines is 2. The Morgan fingerprint density at radius 1 is 0.881 bits per heavy atom. The van der Waals surface area contributed by atoms with E-state index in [4.69, 9.17) is 13.9 Å². The van der Waals surface area contributed by atoms with Crippen molar-refractivity contribution >= 4 is 17.7 Å². The van der Waals surface area contributed by atoms with Gasteiger partial charge in [0.15, 0.2) is 0 Å². The minimum absolute atomic E-state index is 0.0118. The van der Waals surface area contributed by atoms with Crippen LogP contribution in [0.1, 0.15) is 69.9 Å². The van der Waals surface area contributed by atoms with Crippen molar-refractivity contribution < 1.29 is 18.7 Å². The van der Waals surface area contributed by atoms with Crippen LogP contribution >= 0.6 is 0 Å². The number of aromatic nitrogens is 2. The first kappa shape index (κ1) is 28.2. The molecule has 2 aliphatic heterocycles. The van der Waals surface area contributed by atoms with Gasteiger partial charge in [0.1, 0.15) is 6.61 Å². The van der Waals surface area contributed by atoms with E-state index in [1.54, 1.807) is 0 Å². The van der Waals surface area contributed by atoms with Gasteiger partial charge in [-0.25, -0.2) is 0 Å². The van der Waals surface area contributed by atoms with E-state index in [-0.39, 0.29) is 22.4 Å². The van der Waals surface area contributed by atoms with Crippen molar-refractivity contribution in [2.75, 3.05) is 11.9 Å². The highest BCUT2D eigenvalue weighted by atomic mass is 16.5. The summed E-state index contributed by atoms with van der Waals surface area (Å²) in [5, 5.41) is 11.5. The summed E-state index contributed by atoms with van der Waals surface area (Å²) in [7, 11) is 0. The van der Waals surface area contributed by atoms with Gasteiger partial charge in [-0.15, -0.1) is 5.10 Å². The Labute approximate surface area is 247 Å². The van der Waals surface area contributed by atoms with Crippen LogP contribution in [0.3, 0.4) is 0 Å². The molecule has 2 saturated heterocycles. The maximum Gasteiger partial charge on any atom is 0.320 e. The summed E-state index contributed by atoms with van der Waals surface area (Å²) in [5.74, 6) is 0.454. The molecule has 3 heterocycles. The third-order valence-electron chi connectivity index (χ3n) is 8.60. The van der Waals surface area contributed by atoms with Crippen LogP contribution in [0.25, 0.3) is 11.1 Å². The van der Waals surface area contributed by atoms with Crippen LogP contribution in [0.4, 0.5) is 11.7 Å². The first-order valence-corrected chi connectivity index (χ1v) is 14.8. The van der Waals surface area contributed by atoms with Crippen molar-refractivity contribution in [3.05, 3.63) is 95.9 Å². The Hall–Kier alpha value is -3.97. The highest BCUT2D eigenvalue weighted by Crippen LogP contribution is 2.51. The molecule has 7 nitrogen and oxygen atoms in total. The number of nitrogens with one attached hydrogen (secondary N) is 1. The Morgan fingerprint density at radius 3 is 2.17 bits per heavy atom. The highest BCUT2D eigenvalue weighted by molar-refractivity contribution is 5.71. The van der Waals surface area contributed by atoms with Crippen LogP contribution in [0.15, 0.2) is 83.3 Å². The van der Waals surface area contributed by atoms with E-state index < -0.39 is 0 Å². The first-order chi connectivity index (χ1) is 20.2. The Morgan fingerprint density at radius 2 is 1.55 bits per heavy atom. The fraction of sp³-hybridized carbons (Fsp3) is 0.400. The summed E-state index contributed by atoms with van der Waals surface area (Å²) in [6.45, 7) is 7.39. The molecule has 0 unspecified atom stereocenters. The lowest BCUT2D eigenvalue weighted by Gasteiger charge is -2.53. The molecule has 1 N–H and O–H groups in total. The second-order valence-electron chi connectivity index (χ2n) is 13.1. The van der Waals surface area contributed by atoms with Crippen LogP contribution in [0.2, 0.25) is 0 Å². The fourth-order valence-corrected chi connectivity index (χ4v) is 6.13. The second-order valence-corrected chi connectivity index (χ2v) is 13.1. The van der Waals surface area contributed by atoms with E-state index in [2.05, 4.69) is 72.7 Å². The number of rotatable bonds is 9.